The number of benzene rings is 1. The summed E-state index contributed by atoms with van der Waals surface area (Å²) in [7, 11) is 1.94. The molecule has 7 nitrogen and oxygen atoms in total. The third kappa shape index (κ3) is 4.16. The van der Waals surface area contributed by atoms with Gasteiger partial charge in [0, 0.05) is 25.5 Å². The highest BCUT2D eigenvalue weighted by Gasteiger charge is 2.34. The van der Waals surface area contributed by atoms with E-state index in [1.165, 1.54) is 4.90 Å². The number of nitrogens with zero attached hydrogens (tertiary/aromatic N) is 4. The third-order valence-electron chi connectivity index (χ3n) is 4.23. The molecule has 0 spiro atoms. The van der Waals surface area contributed by atoms with E-state index in [1.54, 1.807) is 35.6 Å². The average molecular weight is 385 g/mol. The van der Waals surface area contributed by atoms with E-state index in [-0.39, 0.29) is 18.4 Å². The number of rotatable bonds is 6. The van der Waals surface area contributed by atoms with E-state index in [9.17, 15) is 9.59 Å². The number of hydrogen-bond donors (Lipinski definition) is 1. The van der Waals surface area contributed by atoms with Crippen LogP contribution in [0.1, 0.15) is 38.3 Å². The van der Waals surface area contributed by atoms with E-state index >= 15 is 0 Å². The van der Waals surface area contributed by atoms with Crippen molar-refractivity contribution >= 4 is 29.1 Å². The summed E-state index contributed by atoms with van der Waals surface area (Å²) in [4.78, 5) is 37.1. The van der Waals surface area contributed by atoms with Crippen molar-refractivity contribution in [1.82, 2.24) is 20.1 Å². The monoisotopic (exact) mass is 385 g/mol. The smallest absolute Gasteiger partial charge is 0.261 e. The number of imide groups is 1. The lowest BCUT2D eigenvalue weighted by Crippen LogP contribution is -2.39. The van der Waals surface area contributed by atoms with Gasteiger partial charge < -0.3 is 10.2 Å². The summed E-state index contributed by atoms with van der Waals surface area (Å²) >= 11 is 1.62. The molecule has 2 amide bonds. The zero-order valence-electron chi connectivity index (χ0n) is 15.7. The van der Waals surface area contributed by atoms with Crippen molar-refractivity contribution in [2.75, 3.05) is 26.7 Å². The van der Waals surface area contributed by atoms with Gasteiger partial charge in [-0.15, -0.1) is 11.3 Å². The number of thiazole rings is 1. The minimum Gasteiger partial charge on any atom is -0.357 e. The van der Waals surface area contributed by atoms with Gasteiger partial charge in [0.2, 0.25) is 0 Å². The molecule has 8 heteroatoms. The summed E-state index contributed by atoms with van der Waals surface area (Å²) in [5.41, 5.74) is 1.93. The summed E-state index contributed by atoms with van der Waals surface area (Å²) in [6.07, 6.45) is 0. The van der Waals surface area contributed by atoms with Gasteiger partial charge in [0.25, 0.3) is 11.8 Å². The van der Waals surface area contributed by atoms with Crippen molar-refractivity contribution in [3.8, 4) is 0 Å². The number of nitrogens with one attached hydrogen (secondary N) is 1. The minimum atomic E-state index is -0.248. The fraction of sp³-hybridized carbons (Fsp3) is 0.368. The van der Waals surface area contributed by atoms with Crippen LogP contribution in [0, 0.1) is 6.92 Å². The van der Waals surface area contributed by atoms with Crippen molar-refractivity contribution in [3.63, 3.8) is 0 Å². The second-order valence-corrected chi connectivity index (χ2v) is 7.32. The van der Waals surface area contributed by atoms with E-state index in [0.29, 0.717) is 24.2 Å². The molecule has 0 fully saturated rings. The van der Waals surface area contributed by atoms with Gasteiger partial charge in [-0.3, -0.25) is 19.5 Å². The van der Waals surface area contributed by atoms with E-state index in [4.69, 9.17) is 0 Å². The van der Waals surface area contributed by atoms with Crippen LogP contribution in [0.15, 0.2) is 34.6 Å². The molecule has 0 atom stereocenters. The Labute approximate surface area is 162 Å². The van der Waals surface area contributed by atoms with Crippen molar-refractivity contribution in [2.45, 2.75) is 20.4 Å². The molecule has 27 heavy (non-hydrogen) atoms. The zero-order chi connectivity index (χ0) is 19.4. The molecule has 142 valence electrons. The predicted molar refractivity (Wildman–Crippen MR) is 106 cm³/mol. The van der Waals surface area contributed by atoms with Gasteiger partial charge in [-0.05, 0) is 26.0 Å². The topological polar surface area (TPSA) is 77.9 Å². The van der Waals surface area contributed by atoms with Gasteiger partial charge in [-0.25, -0.2) is 4.98 Å². The van der Waals surface area contributed by atoms with E-state index < -0.39 is 0 Å². The second kappa shape index (κ2) is 8.30. The van der Waals surface area contributed by atoms with Crippen LogP contribution in [0.3, 0.4) is 0 Å². The number of aryl methyl sites for hydroxylation is 1. The Morgan fingerprint density at radius 2 is 1.93 bits per heavy atom. The molecule has 3 rings (SSSR count). The number of guanidine groups is 1. The van der Waals surface area contributed by atoms with Crippen LogP contribution in [0.4, 0.5) is 0 Å². The van der Waals surface area contributed by atoms with Gasteiger partial charge in [0.05, 0.1) is 34.9 Å². The number of aromatic nitrogens is 1. The van der Waals surface area contributed by atoms with Crippen LogP contribution in [0.25, 0.3) is 0 Å². The maximum Gasteiger partial charge on any atom is 0.261 e. The van der Waals surface area contributed by atoms with Crippen LogP contribution in [0.5, 0.6) is 0 Å². The predicted octanol–water partition coefficient (Wildman–Crippen LogP) is 2.15. The Hall–Kier alpha value is -2.74. The van der Waals surface area contributed by atoms with Gasteiger partial charge in [0.1, 0.15) is 0 Å². The van der Waals surface area contributed by atoms with Crippen LogP contribution in [-0.2, 0) is 6.54 Å². The maximum atomic E-state index is 12.4. The van der Waals surface area contributed by atoms with Crippen molar-refractivity contribution in [3.05, 3.63) is 51.5 Å². The molecule has 1 aromatic heterocycles. The molecule has 0 unspecified atom stereocenters. The third-order valence-corrected chi connectivity index (χ3v) is 5.05. The standard InChI is InChI=1S/C19H23N5O2S/c1-4-20-19(23(3)11-14-12-27-13(2)22-14)21-9-10-24-17(25)15-7-5-6-8-16(15)18(24)26/h5-8,12H,4,9-11H2,1-3H3,(H,20,21). The maximum absolute atomic E-state index is 12.4. The summed E-state index contributed by atoms with van der Waals surface area (Å²) in [5.74, 6) is 0.226. The molecule has 0 aliphatic carbocycles. The van der Waals surface area contributed by atoms with Gasteiger partial charge in [0.15, 0.2) is 5.96 Å². The molecule has 0 saturated carbocycles. The Bertz CT molecular complexity index is 841. The highest BCUT2D eigenvalue weighted by molar-refractivity contribution is 7.09. The number of carbonyl (C=O) groups is 2. The summed E-state index contributed by atoms with van der Waals surface area (Å²) in [6.45, 7) is 5.95. The Morgan fingerprint density at radius 1 is 1.26 bits per heavy atom. The van der Waals surface area contributed by atoms with Crippen LogP contribution < -0.4 is 5.32 Å². The lowest BCUT2D eigenvalue weighted by Gasteiger charge is -2.21. The van der Waals surface area contributed by atoms with Crippen molar-refractivity contribution in [2.24, 2.45) is 4.99 Å². The van der Waals surface area contributed by atoms with E-state index in [0.717, 1.165) is 23.2 Å². The van der Waals surface area contributed by atoms with Gasteiger partial charge in [-0.2, -0.15) is 0 Å². The summed E-state index contributed by atoms with van der Waals surface area (Å²) in [6, 6.07) is 6.91. The first kappa shape index (κ1) is 19.0. The summed E-state index contributed by atoms with van der Waals surface area (Å²) < 4.78 is 0. The molecule has 2 heterocycles. The van der Waals surface area contributed by atoms with E-state index in [1.807, 2.05) is 31.2 Å². The van der Waals surface area contributed by atoms with Crippen LogP contribution in [0.2, 0.25) is 0 Å². The zero-order valence-corrected chi connectivity index (χ0v) is 16.5. The molecule has 2 aromatic rings. The highest BCUT2D eigenvalue weighted by Crippen LogP contribution is 2.21. The summed E-state index contributed by atoms with van der Waals surface area (Å²) in [5, 5.41) is 6.31. The second-order valence-electron chi connectivity index (χ2n) is 6.26. The van der Waals surface area contributed by atoms with E-state index in [2.05, 4.69) is 15.3 Å². The molecule has 0 radical (unpaired) electrons. The molecular weight excluding hydrogens is 362 g/mol. The fourth-order valence-corrected chi connectivity index (χ4v) is 3.57. The lowest BCUT2D eigenvalue weighted by atomic mass is 10.1. The first-order chi connectivity index (χ1) is 13.0. The first-order valence-corrected chi connectivity index (χ1v) is 9.75. The molecule has 1 aliphatic rings. The van der Waals surface area contributed by atoms with Gasteiger partial charge >= 0.3 is 0 Å². The molecule has 1 aromatic carbocycles. The number of hydrogen-bond acceptors (Lipinski definition) is 5. The largest absolute Gasteiger partial charge is 0.357 e. The van der Waals surface area contributed by atoms with Crippen LogP contribution in [-0.4, -0.2) is 59.2 Å². The number of fused-ring (bicyclic) bond motifs is 1. The molecule has 1 N–H and O–H groups in total. The highest BCUT2D eigenvalue weighted by atomic mass is 32.1. The molecular formula is C19H23N5O2S. The quantitative estimate of drug-likeness (QED) is 0.468. The number of amides is 2. The first-order valence-electron chi connectivity index (χ1n) is 8.87. The number of aliphatic imine (C=N–C) groups is 1. The minimum absolute atomic E-state index is 0.248. The average Bonchev–Trinajstić information content (AvgIpc) is 3.17. The fourth-order valence-electron chi connectivity index (χ4n) is 2.97. The number of carbonyl (C=O) groups excluding carboxylic acids is 2. The molecule has 1 aliphatic heterocycles. The molecule has 0 saturated heterocycles. The Morgan fingerprint density at radius 3 is 2.48 bits per heavy atom. The molecule has 0 bridgehead atoms. The SMILES string of the molecule is CCNC(=NCCN1C(=O)c2ccccc2C1=O)N(C)Cc1csc(C)n1. The van der Waals surface area contributed by atoms with Crippen molar-refractivity contribution < 1.29 is 9.59 Å². The van der Waals surface area contributed by atoms with Crippen molar-refractivity contribution in [1.29, 1.82) is 0 Å². The van der Waals surface area contributed by atoms with Crippen LogP contribution >= 0.6 is 11.3 Å². The lowest BCUT2D eigenvalue weighted by molar-refractivity contribution is 0.0659. The Kier molecular flexibility index (Phi) is 5.85. The van der Waals surface area contributed by atoms with Gasteiger partial charge in [-0.1, -0.05) is 12.1 Å². The Balaban J connectivity index is 1.64. The normalized spacial score (nSPS) is 13.9.